The van der Waals surface area contributed by atoms with E-state index in [4.69, 9.17) is 10.2 Å². The van der Waals surface area contributed by atoms with Crippen LogP contribution in [0.4, 0.5) is 0 Å². The molecule has 5 heteroatoms. The molecular formula is C13H21ClN2O2. The molecule has 1 aliphatic heterocycles. The van der Waals surface area contributed by atoms with Crippen LogP contribution in [0.2, 0.25) is 0 Å². The van der Waals surface area contributed by atoms with Gasteiger partial charge >= 0.3 is 0 Å². The molecule has 0 aromatic carbocycles. The number of likely N-dealkylation sites (tertiary alicyclic amines) is 1. The Morgan fingerprint density at radius 3 is 2.89 bits per heavy atom. The molecule has 1 amide bonds. The van der Waals surface area contributed by atoms with Crippen LogP contribution in [0, 0.1) is 12.8 Å². The zero-order valence-electron chi connectivity index (χ0n) is 10.9. The second-order valence-electron chi connectivity index (χ2n) is 4.81. The Morgan fingerprint density at radius 1 is 1.61 bits per heavy atom. The van der Waals surface area contributed by atoms with Gasteiger partial charge in [-0.05, 0) is 31.7 Å². The van der Waals surface area contributed by atoms with Crippen LogP contribution in [-0.4, -0.2) is 29.9 Å². The van der Waals surface area contributed by atoms with Gasteiger partial charge in [0.15, 0.2) is 0 Å². The molecule has 2 N–H and O–H groups in total. The maximum Gasteiger partial charge on any atom is 0.257 e. The maximum absolute atomic E-state index is 12.4. The van der Waals surface area contributed by atoms with Crippen molar-refractivity contribution < 1.29 is 9.21 Å². The molecule has 1 aromatic rings. The summed E-state index contributed by atoms with van der Waals surface area (Å²) in [4.78, 5) is 14.3. The molecule has 2 unspecified atom stereocenters. The highest BCUT2D eigenvalue weighted by molar-refractivity contribution is 5.95. The van der Waals surface area contributed by atoms with E-state index >= 15 is 0 Å². The van der Waals surface area contributed by atoms with E-state index < -0.39 is 0 Å². The van der Waals surface area contributed by atoms with Crippen molar-refractivity contribution in [2.45, 2.75) is 32.7 Å². The van der Waals surface area contributed by atoms with Gasteiger partial charge in [-0.15, -0.1) is 12.4 Å². The number of aryl methyl sites for hydroxylation is 1. The van der Waals surface area contributed by atoms with E-state index in [1.165, 1.54) is 0 Å². The molecule has 4 nitrogen and oxygen atoms in total. The molecule has 2 rings (SSSR count). The number of carbonyl (C=O) groups excluding carboxylic acids is 1. The van der Waals surface area contributed by atoms with Gasteiger partial charge < -0.3 is 15.1 Å². The highest BCUT2D eigenvalue weighted by Crippen LogP contribution is 2.25. The molecule has 2 atom stereocenters. The second kappa shape index (κ2) is 6.25. The van der Waals surface area contributed by atoms with Gasteiger partial charge in [0.1, 0.15) is 5.76 Å². The molecule has 0 aliphatic carbocycles. The van der Waals surface area contributed by atoms with Crippen molar-refractivity contribution in [1.82, 2.24) is 4.90 Å². The molecule has 0 saturated carbocycles. The lowest BCUT2D eigenvalue weighted by Gasteiger charge is -2.39. The van der Waals surface area contributed by atoms with Gasteiger partial charge in [-0.3, -0.25) is 4.79 Å². The summed E-state index contributed by atoms with van der Waals surface area (Å²) in [6.45, 7) is 5.32. The van der Waals surface area contributed by atoms with Crippen molar-refractivity contribution in [1.29, 1.82) is 0 Å². The molecule has 2 heterocycles. The minimum Gasteiger partial charge on any atom is -0.469 e. The summed E-state index contributed by atoms with van der Waals surface area (Å²) >= 11 is 0. The maximum atomic E-state index is 12.4. The lowest BCUT2D eigenvalue weighted by molar-refractivity contribution is 0.0531. The summed E-state index contributed by atoms with van der Waals surface area (Å²) < 4.78 is 5.19. The summed E-state index contributed by atoms with van der Waals surface area (Å²) in [6.07, 6.45) is 3.77. The van der Waals surface area contributed by atoms with Gasteiger partial charge in [-0.25, -0.2) is 0 Å². The van der Waals surface area contributed by atoms with E-state index in [0.717, 1.165) is 19.4 Å². The zero-order chi connectivity index (χ0) is 12.4. The number of amides is 1. The number of nitrogens with two attached hydrogens (primary N) is 1. The predicted octanol–water partition coefficient (Wildman–Crippen LogP) is 2.21. The molecule has 18 heavy (non-hydrogen) atoms. The first-order chi connectivity index (χ1) is 8.15. The minimum absolute atomic E-state index is 0. The lowest BCUT2D eigenvalue weighted by Crippen LogP contribution is -2.51. The van der Waals surface area contributed by atoms with Gasteiger partial charge in [0, 0.05) is 19.1 Å². The molecule has 1 aromatic heterocycles. The van der Waals surface area contributed by atoms with Crippen molar-refractivity contribution in [2.75, 3.05) is 13.1 Å². The van der Waals surface area contributed by atoms with Crippen molar-refractivity contribution in [3.8, 4) is 0 Å². The Hall–Kier alpha value is -1.00. The van der Waals surface area contributed by atoms with Crippen molar-refractivity contribution in [3.63, 3.8) is 0 Å². The molecule has 0 radical (unpaired) electrons. The Labute approximate surface area is 114 Å². The number of piperidine rings is 1. The summed E-state index contributed by atoms with van der Waals surface area (Å²) in [5.74, 6) is 1.21. The molecule has 102 valence electrons. The third-order valence-corrected chi connectivity index (χ3v) is 3.71. The van der Waals surface area contributed by atoms with Crippen LogP contribution in [0.3, 0.4) is 0 Å². The largest absolute Gasteiger partial charge is 0.469 e. The first kappa shape index (κ1) is 15.1. The number of nitrogens with zero attached hydrogens (tertiary/aromatic N) is 1. The van der Waals surface area contributed by atoms with Gasteiger partial charge in [-0.2, -0.15) is 0 Å². The first-order valence-corrected chi connectivity index (χ1v) is 6.20. The molecule has 0 bridgehead atoms. The standard InChI is InChI=1S/C13H20N2O2.ClH/c1-9-4-3-6-15(12(9)8-14)13(16)11-5-7-17-10(11)2;/h5,7,9,12H,3-4,6,8,14H2,1-2H3;1H. The zero-order valence-corrected chi connectivity index (χ0v) is 11.7. The third kappa shape index (κ3) is 2.70. The smallest absolute Gasteiger partial charge is 0.257 e. The Morgan fingerprint density at radius 2 is 2.33 bits per heavy atom. The van der Waals surface area contributed by atoms with Crippen LogP contribution in [0.15, 0.2) is 16.7 Å². The first-order valence-electron chi connectivity index (χ1n) is 6.20. The van der Waals surface area contributed by atoms with Crippen molar-refractivity contribution in [3.05, 3.63) is 23.7 Å². The summed E-state index contributed by atoms with van der Waals surface area (Å²) in [6, 6.07) is 1.90. The molecule has 1 saturated heterocycles. The van der Waals surface area contributed by atoms with Crippen LogP contribution in [0.25, 0.3) is 0 Å². The number of hydrogen-bond acceptors (Lipinski definition) is 3. The van der Waals surface area contributed by atoms with E-state index in [-0.39, 0.29) is 24.4 Å². The van der Waals surface area contributed by atoms with Gasteiger partial charge in [0.2, 0.25) is 0 Å². The number of furan rings is 1. The molecule has 1 fully saturated rings. The lowest BCUT2D eigenvalue weighted by atomic mass is 9.90. The number of rotatable bonds is 2. The van der Waals surface area contributed by atoms with E-state index in [9.17, 15) is 4.79 Å². The van der Waals surface area contributed by atoms with Gasteiger partial charge in [-0.1, -0.05) is 6.92 Å². The molecule has 1 aliphatic rings. The van der Waals surface area contributed by atoms with Crippen molar-refractivity contribution in [2.24, 2.45) is 11.7 Å². The SMILES string of the molecule is Cc1occc1C(=O)N1CCCC(C)C1CN.Cl. The van der Waals surface area contributed by atoms with Crippen LogP contribution in [0.1, 0.15) is 35.9 Å². The normalized spacial score (nSPS) is 23.6. The number of halogens is 1. The third-order valence-electron chi connectivity index (χ3n) is 3.71. The van der Waals surface area contributed by atoms with E-state index in [0.29, 0.717) is 23.8 Å². The summed E-state index contributed by atoms with van der Waals surface area (Å²) in [5, 5.41) is 0. The Balaban J connectivity index is 0.00000162. The Bertz CT molecular complexity index is 405. The summed E-state index contributed by atoms with van der Waals surface area (Å²) in [5.41, 5.74) is 6.46. The van der Waals surface area contributed by atoms with Crippen molar-refractivity contribution >= 4 is 18.3 Å². The van der Waals surface area contributed by atoms with E-state index in [1.807, 2.05) is 11.8 Å². The minimum atomic E-state index is 0. The van der Waals surface area contributed by atoms with Gasteiger partial charge in [0.05, 0.1) is 11.8 Å². The number of carbonyl (C=O) groups is 1. The molecular weight excluding hydrogens is 252 g/mol. The van der Waals surface area contributed by atoms with Gasteiger partial charge in [0.25, 0.3) is 5.91 Å². The highest BCUT2D eigenvalue weighted by Gasteiger charge is 2.32. The predicted molar refractivity (Wildman–Crippen MR) is 73.0 cm³/mol. The van der Waals surface area contributed by atoms with Crippen LogP contribution < -0.4 is 5.73 Å². The average molecular weight is 273 g/mol. The fourth-order valence-corrected chi connectivity index (χ4v) is 2.62. The fourth-order valence-electron chi connectivity index (χ4n) is 2.62. The fraction of sp³-hybridized carbons (Fsp3) is 0.615. The van der Waals surface area contributed by atoms with Crippen LogP contribution in [-0.2, 0) is 0 Å². The monoisotopic (exact) mass is 272 g/mol. The molecule has 0 spiro atoms. The van der Waals surface area contributed by atoms with E-state index in [1.54, 1.807) is 12.3 Å². The van der Waals surface area contributed by atoms with Crippen LogP contribution in [0.5, 0.6) is 0 Å². The topological polar surface area (TPSA) is 59.5 Å². The summed E-state index contributed by atoms with van der Waals surface area (Å²) in [7, 11) is 0. The van der Waals surface area contributed by atoms with E-state index in [2.05, 4.69) is 6.92 Å². The second-order valence-corrected chi connectivity index (χ2v) is 4.81. The Kier molecular flexibility index (Phi) is 5.23. The highest BCUT2D eigenvalue weighted by atomic mass is 35.5. The van der Waals surface area contributed by atoms with Crippen LogP contribution >= 0.6 is 12.4 Å². The average Bonchev–Trinajstić information content (AvgIpc) is 2.74. The quantitative estimate of drug-likeness (QED) is 0.898. The number of hydrogen-bond donors (Lipinski definition) is 1.